The van der Waals surface area contributed by atoms with Crippen LogP contribution in [0.5, 0.6) is 0 Å². The molecule has 1 N–H and O–H groups in total. The first-order valence-electron chi connectivity index (χ1n) is 4.38. The summed E-state index contributed by atoms with van der Waals surface area (Å²) in [5, 5.41) is 9.42. The lowest BCUT2D eigenvalue weighted by atomic mass is 10.3. The molecule has 15 heavy (non-hydrogen) atoms. The van der Waals surface area contributed by atoms with E-state index in [9.17, 15) is 4.79 Å². The second-order valence-corrected chi connectivity index (χ2v) is 3.28. The standard InChI is InChI=1S/C10H11ClN2O2/c1-2-3-6-13(10(14)15)9-7-8(11)4-5-12-9/h2,4-5,7H,1,3,6H2,(H,14,15). The number of rotatable bonds is 4. The highest BCUT2D eigenvalue weighted by molar-refractivity contribution is 6.30. The van der Waals surface area contributed by atoms with Gasteiger partial charge >= 0.3 is 6.09 Å². The van der Waals surface area contributed by atoms with Crippen molar-refractivity contribution in [1.29, 1.82) is 0 Å². The van der Waals surface area contributed by atoms with Crippen LogP contribution < -0.4 is 4.90 Å². The van der Waals surface area contributed by atoms with Gasteiger partial charge in [-0.3, -0.25) is 4.90 Å². The summed E-state index contributed by atoms with van der Waals surface area (Å²) in [5.41, 5.74) is 0. The number of nitrogens with zero attached hydrogens (tertiary/aromatic N) is 2. The Morgan fingerprint density at radius 2 is 2.47 bits per heavy atom. The Hall–Kier alpha value is -1.55. The molecule has 1 aromatic heterocycles. The first-order chi connectivity index (χ1) is 7.15. The Morgan fingerprint density at radius 3 is 3.00 bits per heavy atom. The second-order valence-electron chi connectivity index (χ2n) is 2.84. The Morgan fingerprint density at radius 1 is 1.73 bits per heavy atom. The third-order valence-corrected chi connectivity index (χ3v) is 2.01. The molecule has 1 heterocycles. The van der Waals surface area contributed by atoms with Crippen molar-refractivity contribution in [2.75, 3.05) is 11.4 Å². The first kappa shape index (κ1) is 11.5. The van der Waals surface area contributed by atoms with Gasteiger partial charge in [0.1, 0.15) is 5.82 Å². The van der Waals surface area contributed by atoms with Gasteiger partial charge in [0.05, 0.1) is 0 Å². The number of pyridine rings is 1. The van der Waals surface area contributed by atoms with Crippen LogP contribution in [0.15, 0.2) is 31.0 Å². The summed E-state index contributed by atoms with van der Waals surface area (Å²) < 4.78 is 0. The number of halogens is 1. The van der Waals surface area contributed by atoms with Gasteiger partial charge in [-0.05, 0) is 18.6 Å². The molecule has 1 amide bonds. The SMILES string of the molecule is C=CCCN(C(=O)O)c1cc(Cl)ccn1. The van der Waals surface area contributed by atoms with E-state index in [4.69, 9.17) is 16.7 Å². The Bertz CT molecular complexity index is 368. The highest BCUT2D eigenvalue weighted by Gasteiger charge is 2.14. The molecule has 0 saturated heterocycles. The predicted octanol–water partition coefficient (Wildman–Crippen LogP) is 2.80. The van der Waals surface area contributed by atoms with E-state index in [2.05, 4.69) is 11.6 Å². The highest BCUT2D eigenvalue weighted by atomic mass is 35.5. The van der Waals surface area contributed by atoms with Crippen LogP contribution >= 0.6 is 11.6 Å². The third kappa shape index (κ3) is 3.25. The summed E-state index contributed by atoms with van der Waals surface area (Å²) in [6, 6.07) is 3.11. The van der Waals surface area contributed by atoms with E-state index in [0.717, 1.165) is 4.90 Å². The molecule has 5 heteroatoms. The smallest absolute Gasteiger partial charge is 0.413 e. The number of anilines is 1. The fourth-order valence-electron chi connectivity index (χ4n) is 1.07. The van der Waals surface area contributed by atoms with Crippen molar-refractivity contribution < 1.29 is 9.90 Å². The zero-order chi connectivity index (χ0) is 11.3. The van der Waals surface area contributed by atoms with Crippen molar-refractivity contribution >= 4 is 23.5 Å². The minimum absolute atomic E-state index is 0.326. The quantitative estimate of drug-likeness (QED) is 0.804. The van der Waals surface area contributed by atoms with E-state index in [0.29, 0.717) is 23.8 Å². The molecule has 0 spiro atoms. The summed E-state index contributed by atoms with van der Waals surface area (Å²) in [6.07, 6.45) is 2.65. The van der Waals surface area contributed by atoms with Gasteiger partial charge < -0.3 is 5.11 Å². The Kier molecular flexibility index (Phi) is 4.12. The highest BCUT2D eigenvalue weighted by Crippen LogP contribution is 2.16. The zero-order valence-electron chi connectivity index (χ0n) is 8.06. The number of amides is 1. The van der Waals surface area contributed by atoms with Crippen LogP contribution in [0.2, 0.25) is 5.02 Å². The second kappa shape index (κ2) is 5.36. The van der Waals surface area contributed by atoms with Crippen molar-refractivity contribution in [3.63, 3.8) is 0 Å². The van der Waals surface area contributed by atoms with Gasteiger partial charge in [0.2, 0.25) is 0 Å². The van der Waals surface area contributed by atoms with Crippen molar-refractivity contribution in [2.45, 2.75) is 6.42 Å². The van der Waals surface area contributed by atoms with E-state index in [1.54, 1.807) is 12.1 Å². The molecule has 0 aliphatic rings. The van der Waals surface area contributed by atoms with Crippen molar-refractivity contribution in [1.82, 2.24) is 4.98 Å². The van der Waals surface area contributed by atoms with Crippen LogP contribution in [-0.2, 0) is 0 Å². The van der Waals surface area contributed by atoms with Gasteiger partial charge in [0, 0.05) is 17.8 Å². The van der Waals surface area contributed by atoms with Crippen LogP contribution in [0.25, 0.3) is 0 Å². The fraction of sp³-hybridized carbons (Fsp3) is 0.200. The first-order valence-corrected chi connectivity index (χ1v) is 4.76. The summed E-state index contributed by atoms with van der Waals surface area (Å²) in [4.78, 5) is 16.0. The number of hydrogen-bond donors (Lipinski definition) is 1. The average Bonchev–Trinajstić information content (AvgIpc) is 2.18. The largest absolute Gasteiger partial charge is 0.465 e. The maximum Gasteiger partial charge on any atom is 0.413 e. The average molecular weight is 227 g/mol. The predicted molar refractivity (Wildman–Crippen MR) is 59.4 cm³/mol. The molecule has 0 aliphatic heterocycles. The molecule has 1 rings (SSSR count). The summed E-state index contributed by atoms with van der Waals surface area (Å²) in [5.74, 6) is 0.330. The molecule has 0 aromatic carbocycles. The molecule has 4 nitrogen and oxygen atoms in total. The molecule has 0 unspecified atom stereocenters. The Labute approximate surface area is 92.8 Å². The summed E-state index contributed by atoms with van der Waals surface area (Å²) in [7, 11) is 0. The molecule has 0 atom stereocenters. The zero-order valence-corrected chi connectivity index (χ0v) is 8.81. The maximum absolute atomic E-state index is 10.9. The fourth-order valence-corrected chi connectivity index (χ4v) is 1.22. The van der Waals surface area contributed by atoms with Gasteiger partial charge in [-0.1, -0.05) is 17.7 Å². The minimum Gasteiger partial charge on any atom is -0.465 e. The van der Waals surface area contributed by atoms with E-state index in [1.165, 1.54) is 12.3 Å². The lowest BCUT2D eigenvalue weighted by Crippen LogP contribution is -2.30. The molecule has 0 fully saturated rings. The number of carboxylic acid groups (broad SMARTS) is 1. The maximum atomic E-state index is 10.9. The van der Waals surface area contributed by atoms with Gasteiger partial charge in [0.15, 0.2) is 0 Å². The van der Waals surface area contributed by atoms with E-state index in [1.807, 2.05) is 0 Å². The molecule has 0 radical (unpaired) electrons. The van der Waals surface area contributed by atoms with Crippen LogP contribution in [0, 0.1) is 0 Å². The molecule has 0 saturated carbocycles. The summed E-state index contributed by atoms with van der Waals surface area (Å²) in [6.45, 7) is 3.86. The van der Waals surface area contributed by atoms with Crippen molar-refractivity contribution in [3.8, 4) is 0 Å². The summed E-state index contributed by atoms with van der Waals surface area (Å²) >= 11 is 5.75. The molecule has 0 bridgehead atoms. The van der Waals surface area contributed by atoms with Crippen LogP contribution in [0.1, 0.15) is 6.42 Å². The van der Waals surface area contributed by atoms with E-state index in [-0.39, 0.29) is 0 Å². The lowest BCUT2D eigenvalue weighted by Gasteiger charge is -2.17. The molecular formula is C10H11ClN2O2. The van der Waals surface area contributed by atoms with Crippen molar-refractivity contribution in [3.05, 3.63) is 36.0 Å². The monoisotopic (exact) mass is 226 g/mol. The Balaban J connectivity index is 2.88. The third-order valence-electron chi connectivity index (χ3n) is 1.77. The molecule has 0 aliphatic carbocycles. The van der Waals surface area contributed by atoms with E-state index < -0.39 is 6.09 Å². The van der Waals surface area contributed by atoms with Crippen LogP contribution in [0.3, 0.4) is 0 Å². The van der Waals surface area contributed by atoms with Crippen molar-refractivity contribution in [2.24, 2.45) is 0 Å². The van der Waals surface area contributed by atoms with Crippen LogP contribution in [0.4, 0.5) is 10.6 Å². The van der Waals surface area contributed by atoms with Gasteiger partial charge in [-0.2, -0.15) is 0 Å². The molecule has 80 valence electrons. The van der Waals surface area contributed by atoms with Gasteiger partial charge in [-0.25, -0.2) is 9.78 Å². The number of carbonyl (C=O) groups is 1. The van der Waals surface area contributed by atoms with Crippen LogP contribution in [-0.4, -0.2) is 22.7 Å². The molecular weight excluding hydrogens is 216 g/mol. The minimum atomic E-state index is -1.05. The molecule has 1 aromatic rings. The number of aromatic nitrogens is 1. The normalized spacial score (nSPS) is 9.67. The van der Waals surface area contributed by atoms with E-state index >= 15 is 0 Å². The van der Waals surface area contributed by atoms with Gasteiger partial charge in [-0.15, -0.1) is 6.58 Å². The number of hydrogen-bond acceptors (Lipinski definition) is 2. The van der Waals surface area contributed by atoms with Gasteiger partial charge in [0.25, 0.3) is 0 Å². The topological polar surface area (TPSA) is 53.4 Å². The lowest BCUT2D eigenvalue weighted by molar-refractivity contribution is 0.201.